The summed E-state index contributed by atoms with van der Waals surface area (Å²) in [6.45, 7) is 1.68. The third-order valence-electron chi connectivity index (χ3n) is 2.36. The lowest BCUT2D eigenvalue weighted by molar-refractivity contribution is 0.122. The zero-order valence-electron chi connectivity index (χ0n) is 8.18. The molecular formula is C9H15N3O2. The molecule has 5 nitrogen and oxygen atoms in total. The molecule has 2 heterocycles. The van der Waals surface area contributed by atoms with Gasteiger partial charge in [-0.2, -0.15) is 5.10 Å². The van der Waals surface area contributed by atoms with Crippen molar-refractivity contribution in [2.75, 3.05) is 13.2 Å². The zero-order chi connectivity index (χ0) is 9.97. The monoisotopic (exact) mass is 197 g/mol. The Bertz CT molecular complexity index is 300. The van der Waals surface area contributed by atoms with Crippen LogP contribution in [0, 0.1) is 0 Å². The van der Waals surface area contributed by atoms with Gasteiger partial charge in [-0.05, 0) is 6.07 Å². The summed E-state index contributed by atoms with van der Waals surface area (Å²) in [5, 5.41) is 16.9. The van der Waals surface area contributed by atoms with Crippen LogP contribution in [0.25, 0.3) is 0 Å². The molecule has 2 N–H and O–H groups in total. The van der Waals surface area contributed by atoms with Gasteiger partial charge in [0.05, 0.1) is 31.1 Å². The van der Waals surface area contributed by atoms with Gasteiger partial charge in [0.2, 0.25) is 0 Å². The quantitative estimate of drug-likeness (QED) is 0.670. The van der Waals surface area contributed by atoms with E-state index >= 15 is 0 Å². The molecule has 1 aromatic heterocycles. The van der Waals surface area contributed by atoms with Crippen LogP contribution in [0.15, 0.2) is 12.3 Å². The van der Waals surface area contributed by atoms with Gasteiger partial charge in [-0.25, -0.2) is 0 Å². The highest BCUT2D eigenvalue weighted by molar-refractivity contribution is 4.99. The molecule has 0 spiro atoms. The van der Waals surface area contributed by atoms with Gasteiger partial charge < -0.3 is 15.2 Å². The van der Waals surface area contributed by atoms with Gasteiger partial charge in [-0.1, -0.05) is 0 Å². The SMILES string of the molecule is Cn1ccc(CNC2COCC2O)n1. The van der Waals surface area contributed by atoms with E-state index < -0.39 is 6.10 Å². The molecule has 5 heteroatoms. The molecule has 78 valence electrons. The lowest BCUT2D eigenvalue weighted by Gasteiger charge is -2.12. The van der Waals surface area contributed by atoms with E-state index in [-0.39, 0.29) is 6.04 Å². The summed E-state index contributed by atoms with van der Waals surface area (Å²) in [4.78, 5) is 0. The Labute approximate surface area is 82.7 Å². The van der Waals surface area contributed by atoms with Crippen LogP contribution < -0.4 is 5.32 Å². The average molecular weight is 197 g/mol. The molecule has 0 radical (unpaired) electrons. The Morgan fingerprint density at radius 3 is 3.14 bits per heavy atom. The molecule has 1 saturated heterocycles. The maximum absolute atomic E-state index is 9.46. The molecule has 1 aliphatic rings. The number of aromatic nitrogens is 2. The van der Waals surface area contributed by atoms with E-state index in [1.54, 1.807) is 4.68 Å². The molecule has 0 amide bonds. The Kier molecular flexibility index (Phi) is 2.81. The van der Waals surface area contributed by atoms with E-state index in [1.807, 2.05) is 19.3 Å². The zero-order valence-corrected chi connectivity index (χ0v) is 8.18. The Hall–Kier alpha value is -0.910. The smallest absolute Gasteiger partial charge is 0.0948 e. The number of ether oxygens (including phenoxy) is 1. The first kappa shape index (κ1) is 9.64. The highest BCUT2D eigenvalue weighted by atomic mass is 16.5. The molecule has 2 rings (SSSR count). The normalized spacial score (nSPS) is 27.0. The Morgan fingerprint density at radius 2 is 2.57 bits per heavy atom. The standard InChI is InChI=1S/C9H15N3O2/c1-12-3-2-7(11-12)4-10-8-5-14-6-9(8)13/h2-3,8-10,13H,4-6H2,1H3. The maximum Gasteiger partial charge on any atom is 0.0948 e. The van der Waals surface area contributed by atoms with Gasteiger partial charge in [-0.3, -0.25) is 4.68 Å². The summed E-state index contributed by atoms with van der Waals surface area (Å²) in [5.41, 5.74) is 0.978. The summed E-state index contributed by atoms with van der Waals surface area (Å²) in [7, 11) is 1.89. The molecule has 1 aromatic rings. The van der Waals surface area contributed by atoms with Crippen molar-refractivity contribution in [3.05, 3.63) is 18.0 Å². The second-order valence-electron chi connectivity index (χ2n) is 3.57. The molecule has 2 atom stereocenters. The summed E-state index contributed by atoms with van der Waals surface area (Å²) >= 11 is 0. The van der Waals surface area contributed by atoms with Gasteiger partial charge in [0.25, 0.3) is 0 Å². The molecule has 2 unspecified atom stereocenters. The molecule has 14 heavy (non-hydrogen) atoms. The first-order valence-electron chi connectivity index (χ1n) is 4.73. The van der Waals surface area contributed by atoms with Crippen LogP contribution in [0.4, 0.5) is 0 Å². The maximum atomic E-state index is 9.46. The van der Waals surface area contributed by atoms with E-state index in [0.29, 0.717) is 19.8 Å². The number of hydrogen-bond acceptors (Lipinski definition) is 4. The predicted octanol–water partition coefficient (Wildman–Crippen LogP) is -0.731. The van der Waals surface area contributed by atoms with Gasteiger partial charge in [0.1, 0.15) is 0 Å². The van der Waals surface area contributed by atoms with E-state index in [9.17, 15) is 5.11 Å². The number of nitrogens with zero attached hydrogens (tertiary/aromatic N) is 2. The summed E-state index contributed by atoms with van der Waals surface area (Å²) in [6, 6.07) is 1.99. The van der Waals surface area contributed by atoms with Crippen molar-refractivity contribution in [3.63, 3.8) is 0 Å². The van der Waals surface area contributed by atoms with Crippen molar-refractivity contribution in [1.82, 2.24) is 15.1 Å². The molecule has 0 aromatic carbocycles. The largest absolute Gasteiger partial charge is 0.389 e. The van der Waals surface area contributed by atoms with Crippen LogP contribution in [0.2, 0.25) is 0 Å². The van der Waals surface area contributed by atoms with E-state index in [0.717, 1.165) is 5.69 Å². The number of nitrogens with one attached hydrogen (secondary N) is 1. The minimum Gasteiger partial charge on any atom is -0.389 e. The van der Waals surface area contributed by atoms with Crippen molar-refractivity contribution in [1.29, 1.82) is 0 Å². The van der Waals surface area contributed by atoms with Crippen LogP contribution >= 0.6 is 0 Å². The second kappa shape index (κ2) is 4.08. The Balaban J connectivity index is 1.82. The fraction of sp³-hybridized carbons (Fsp3) is 0.667. The fourth-order valence-corrected chi connectivity index (χ4v) is 1.53. The van der Waals surface area contributed by atoms with Gasteiger partial charge in [-0.15, -0.1) is 0 Å². The lowest BCUT2D eigenvalue weighted by Crippen LogP contribution is -2.38. The van der Waals surface area contributed by atoms with Crippen molar-refractivity contribution >= 4 is 0 Å². The lowest BCUT2D eigenvalue weighted by atomic mass is 10.2. The fourth-order valence-electron chi connectivity index (χ4n) is 1.53. The topological polar surface area (TPSA) is 59.3 Å². The molecule has 1 aliphatic heterocycles. The van der Waals surface area contributed by atoms with Crippen molar-refractivity contribution < 1.29 is 9.84 Å². The van der Waals surface area contributed by atoms with Crippen molar-refractivity contribution in [2.24, 2.45) is 7.05 Å². The Morgan fingerprint density at radius 1 is 1.71 bits per heavy atom. The number of hydrogen-bond donors (Lipinski definition) is 2. The third kappa shape index (κ3) is 2.12. The van der Waals surface area contributed by atoms with Gasteiger partial charge >= 0.3 is 0 Å². The highest BCUT2D eigenvalue weighted by Crippen LogP contribution is 2.05. The van der Waals surface area contributed by atoms with Crippen LogP contribution in [-0.2, 0) is 18.3 Å². The number of aliphatic hydroxyl groups excluding tert-OH is 1. The number of aryl methyl sites for hydroxylation is 1. The van der Waals surface area contributed by atoms with Crippen molar-refractivity contribution in [2.45, 2.75) is 18.7 Å². The molecular weight excluding hydrogens is 182 g/mol. The third-order valence-corrected chi connectivity index (χ3v) is 2.36. The first-order valence-corrected chi connectivity index (χ1v) is 4.73. The molecule has 0 bridgehead atoms. The first-order chi connectivity index (χ1) is 6.75. The van der Waals surface area contributed by atoms with Crippen LogP contribution in [0.1, 0.15) is 5.69 Å². The number of rotatable bonds is 3. The van der Waals surface area contributed by atoms with Crippen LogP contribution in [-0.4, -0.2) is 40.2 Å². The average Bonchev–Trinajstić information content (AvgIpc) is 2.72. The van der Waals surface area contributed by atoms with Crippen LogP contribution in [0.5, 0.6) is 0 Å². The van der Waals surface area contributed by atoms with E-state index in [2.05, 4.69) is 10.4 Å². The molecule has 0 saturated carbocycles. The minimum atomic E-state index is -0.390. The predicted molar refractivity (Wildman–Crippen MR) is 50.7 cm³/mol. The van der Waals surface area contributed by atoms with Crippen molar-refractivity contribution in [3.8, 4) is 0 Å². The van der Waals surface area contributed by atoms with Gasteiger partial charge in [0.15, 0.2) is 0 Å². The molecule has 0 aliphatic carbocycles. The van der Waals surface area contributed by atoms with Crippen LogP contribution in [0.3, 0.4) is 0 Å². The van der Waals surface area contributed by atoms with E-state index in [1.165, 1.54) is 0 Å². The van der Waals surface area contributed by atoms with E-state index in [4.69, 9.17) is 4.74 Å². The van der Waals surface area contributed by atoms with Gasteiger partial charge in [0, 0.05) is 19.8 Å². The summed E-state index contributed by atoms with van der Waals surface area (Å²) in [5.74, 6) is 0. The minimum absolute atomic E-state index is 0.0389. The molecule has 1 fully saturated rings. The summed E-state index contributed by atoms with van der Waals surface area (Å²) in [6.07, 6.45) is 1.51. The number of aliphatic hydroxyl groups is 1. The second-order valence-corrected chi connectivity index (χ2v) is 3.57. The highest BCUT2D eigenvalue weighted by Gasteiger charge is 2.25. The summed E-state index contributed by atoms with van der Waals surface area (Å²) < 4.78 is 6.89.